The molecule has 1 fully saturated rings. The Hall–Kier alpha value is -3.07. The maximum Gasteiger partial charge on any atom is 0.264 e. The number of carbonyl (C=O) groups excluding carboxylic acids is 1. The molecule has 4 heterocycles. The Morgan fingerprint density at radius 3 is 2.75 bits per heavy atom. The highest BCUT2D eigenvalue weighted by Gasteiger charge is 2.21. The second kappa shape index (κ2) is 7.89. The van der Waals surface area contributed by atoms with Crippen molar-refractivity contribution in [2.24, 2.45) is 7.05 Å². The fourth-order valence-electron chi connectivity index (χ4n) is 3.59. The van der Waals surface area contributed by atoms with E-state index in [-0.39, 0.29) is 24.1 Å². The molecule has 3 aromatic rings. The lowest BCUT2D eigenvalue weighted by Gasteiger charge is -2.32. The highest BCUT2D eigenvalue weighted by atomic mass is 16.2. The van der Waals surface area contributed by atoms with Crippen LogP contribution in [0.1, 0.15) is 18.4 Å². The Kier molecular flexibility index (Phi) is 5.16. The summed E-state index contributed by atoms with van der Waals surface area (Å²) in [4.78, 5) is 35.5. The molecule has 9 heteroatoms. The molecule has 1 aliphatic rings. The minimum atomic E-state index is -0.250. The van der Waals surface area contributed by atoms with Gasteiger partial charge in [-0.1, -0.05) is 0 Å². The molecule has 3 aromatic heterocycles. The van der Waals surface area contributed by atoms with Gasteiger partial charge in [0.2, 0.25) is 5.91 Å². The quantitative estimate of drug-likeness (QED) is 0.683. The lowest BCUT2D eigenvalue weighted by Crippen LogP contribution is -2.45. The second-order valence-electron chi connectivity index (χ2n) is 7.16. The molecule has 0 aliphatic carbocycles. The van der Waals surface area contributed by atoms with Crippen LogP contribution in [0, 0.1) is 0 Å². The van der Waals surface area contributed by atoms with Gasteiger partial charge in [0.25, 0.3) is 5.56 Å². The molecular formula is C19H23N7O2. The van der Waals surface area contributed by atoms with Gasteiger partial charge in [0, 0.05) is 45.1 Å². The van der Waals surface area contributed by atoms with Crippen LogP contribution in [0.4, 0.5) is 0 Å². The first-order chi connectivity index (χ1) is 13.6. The van der Waals surface area contributed by atoms with Crippen molar-refractivity contribution >= 4 is 16.9 Å². The average molecular weight is 381 g/mol. The van der Waals surface area contributed by atoms with Crippen molar-refractivity contribution in [1.82, 2.24) is 34.5 Å². The summed E-state index contributed by atoms with van der Waals surface area (Å²) in [6.07, 6.45) is 8.29. The SMILES string of the molecule is Cn1ncc2c(=O)n(CC(=O)NC3CCN(Cc4ccncc4)CC3)cnc21. The number of piperidine rings is 1. The van der Waals surface area contributed by atoms with Gasteiger partial charge in [-0.2, -0.15) is 5.10 Å². The molecule has 0 spiro atoms. The Morgan fingerprint density at radius 2 is 2.00 bits per heavy atom. The molecule has 28 heavy (non-hydrogen) atoms. The Morgan fingerprint density at radius 1 is 1.25 bits per heavy atom. The Balaban J connectivity index is 1.30. The summed E-state index contributed by atoms with van der Waals surface area (Å²) in [5.74, 6) is -0.167. The summed E-state index contributed by atoms with van der Waals surface area (Å²) in [5.41, 5.74) is 1.51. The van der Waals surface area contributed by atoms with Crippen LogP contribution < -0.4 is 10.9 Å². The van der Waals surface area contributed by atoms with Crippen LogP contribution in [0.5, 0.6) is 0 Å². The predicted octanol–water partition coefficient (Wildman–Crippen LogP) is 0.306. The molecule has 1 N–H and O–H groups in total. The van der Waals surface area contributed by atoms with Crippen molar-refractivity contribution in [2.45, 2.75) is 32.0 Å². The monoisotopic (exact) mass is 381 g/mol. The summed E-state index contributed by atoms with van der Waals surface area (Å²) < 4.78 is 2.87. The topological polar surface area (TPSA) is 97.9 Å². The maximum atomic E-state index is 12.5. The number of carbonyl (C=O) groups is 1. The van der Waals surface area contributed by atoms with Crippen LogP contribution in [0.25, 0.3) is 11.0 Å². The Bertz CT molecular complexity index is 1020. The molecular weight excluding hydrogens is 358 g/mol. The van der Waals surface area contributed by atoms with E-state index in [9.17, 15) is 9.59 Å². The largest absolute Gasteiger partial charge is 0.352 e. The van der Waals surface area contributed by atoms with Crippen molar-refractivity contribution in [3.8, 4) is 0 Å². The third-order valence-corrected chi connectivity index (χ3v) is 5.14. The van der Waals surface area contributed by atoms with E-state index in [1.54, 1.807) is 11.7 Å². The zero-order valence-electron chi connectivity index (χ0n) is 15.8. The molecule has 1 amide bonds. The van der Waals surface area contributed by atoms with E-state index in [2.05, 4.69) is 25.3 Å². The number of fused-ring (bicyclic) bond motifs is 1. The first kappa shape index (κ1) is 18.3. The molecule has 1 saturated heterocycles. The molecule has 0 radical (unpaired) electrons. The number of hydrogen-bond donors (Lipinski definition) is 1. The zero-order valence-corrected chi connectivity index (χ0v) is 15.8. The molecule has 146 valence electrons. The van der Waals surface area contributed by atoms with Gasteiger partial charge in [-0.05, 0) is 30.5 Å². The number of likely N-dealkylation sites (tertiary alicyclic amines) is 1. The third kappa shape index (κ3) is 3.94. The van der Waals surface area contributed by atoms with Gasteiger partial charge < -0.3 is 5.32 Å². The van der Waals surface area contributed by atoms with E-state index in [0.717, 1.165) is 32.5 Å². The summed E-state index contributed by atoms with van der Waals surface area (Å²) in [5, 5.41) is 7.51. The average Bonchev–Trinajstić information content (AvgIpc) is 3.08. The number of hydrogen-bond acceptors (Lipinski definition) is 6. The van der Waals surface area contributed by atoms with E-state index >= 15 is 0 Å². The fraction of sp³-hybridized carbons (Fsp3) is 0.421. The number of rotatable bonds is 5. The van der Waals surface area contributed by atoms with Crippen molar-refractivity contribution < 1.29 is 4.79 Å². The summed E-state index contributed by atoms with van der Waals surface area (Å²) in [6.45, 7) is 2.72. The second-order valence-corrected chi connectivity index (χ2v) is 7.16. The third-order valence-electron chi connectivity index (χ3n) is 5.14. The van der Waals surface area contributed by atoms with E-state index in [1.165, 1.54) is 22.7 Å². The van der Waals surface area contributed by atoms with Gasteiger partial charge in [-0.3, -0.25) is 28.7 Å². The highest BCUT2D eigenvalue weighted by molar-refractivity contribution is 5.77. The van der Waals surface area contributed by atoms with Crippen LogP contribution in [-0.4, -0.2) is 54.3 Å². The van der Waals surface area contributed by atoms with Gasteiger partial charge in [-0.15, -0.1) is 0 Å². The van der Waals surface area contributed by atoms with E-state index in [1.807, 2.05) is 24.5 Å². The molecule has 0 unspecified atom stereocenters. The summed E-state index contributed by atoms with van der Waals surface area (Å²) in [6, 6.07) is 4.18. The summed E-state index contributed by atoms with van der Waals surface area (Å²) in [7, 11) is 1.73. The van der Waals surface area contributed by atoms with Crippen molar-refractivity contribution in [3.05, 3.63) is 53.0 Å². The van der Waals surface area contributed by atoms with Gasteiger partial charge in [-0.25, -0.2) is 4.98 Å². The zero-order chi connectivity index (χ0) is 19.5. The number of pyridine rings is 1. The lowest BCUT2D eigenvalue weighted by atomic mass is 10.0. The van der Waals surface area contributed by atoms with E-state index in [0.29, 0.717) is 11.0 Å². The van der Waals surface area contributed by atoms with Gasteiger partial charge in [0.05, 0.1) is 6.20 Å². The first-order valence-electron chi connectivity index (χ1n) is 9.38. The van der Waals surface area contributed by atoms with Crippen LogP contribution in [-0.2, 0) is 24.9 Å². The molecule has 0 bridgehead atoms. The standard InChI is InChI=1S/C19H23N7O2/c1-24-18-16(10-22-24)19(28)26(13-21-18)12-17(27)23-15-4-8-25(9-5-15)11-14-2-6-20-7-3-14/h2-3,6-7,10,13,15H,4-5,8-9,11-12H2,1H3,(H,23,27). The number of nitrogens with one attached hydrogen (secondary N) is 1. The van der Waals surface area contributed by atoms with E-state index < -0.39 is 0 Å². The molecule has 0 aromatic carbocycles. The highest BCUT2D eigenvalue weighted by Crippen LogP contribution is 2.13. The van der Waals surface area contributed by atoms with Gasteiger partial charge >= 0.3 is 0 Å². The summed E-state index contributed by atoms with van der Waals surface area (Å²) >= 11 is 0. The Labute approximate surface area is 162 Å². The van der Waals surface area contributed by atoms with Crippen LogP contribution in [0.15, 0.2) is 41.8 Å². The van der Waals surface area contributed by atoms with Crippen LogP contribution in [0.2, 0.25) is 0 Å². The smallest absolute Gasteiger partial charge is 0.264 e. The molecule has 9 nitrogen and oxygen atoms in total. The van der Waals surface area contributed by atoms with Gasteiger partial charge in [0.15, 0.2) is 5.65 Å². The maximum absolute atomic E-state index is 12.5. The molecule has 0 saturated carbocycles. The fourth-order valence-corrected chi connectivity index (χ4v) is 3.59. The van der Waals surface area contributed by atoms with E-state index in [4.69, 9.17) is 0 Å². The molecule has 0 atom stereocenters. The first-order valence-corrected chi connectivity index (χ1v) is 9.38. The van der Waals surface area contributed by atoms with Crippen molar-refractivity contribution in [1.29, 1.82) is 0 Å². The number of aromatic nitrogens is 5. The van der Waals surface area contributed by atoms with Crippen LogP contribution >= 0.6 is 0 Å². The molecule has 4 rings (SSSR count). The number of aryl methyl sites for hydroxylation is 1. The van der Waals surface area contributed by atoms with Gasteiger partial charge in [0.1, 0.15) is 18.3 Å². The predicted molar refractivity (Wildman–Crippen MR) is 103 cm³/mol. The minimum Gasteiger partial charge on any atom is -0.352 e. The lowest BCUT2D eigenvalue weighted by molar-refractivity contribution is -0.122. The number of nitrogens with zero attached hydrogens (tertiary/aromatic N) is 6. The number of amides is 1. The minimum absolute atomic E-state index is 0.0338. The van der Waals surface area contributed by atoms with Crippen molar-refractivity contribution in [3.63, 3.8) is 0 Å². The van der Waals surface area contributed by atoms with Crippen LogP contribution in [0.3, 0.4) is 0 Å². The normalized spacial score (nSPS) is 15.8. The molecule has 1 aliphatic heterocycles. The van der Waals surface area contributed by atoms with Crippen molar-refractivity contribution in [2.75, 3.05) is 13.1 Å².